The summed E-state index contributed by atoms with van der Waals surface area (Å²) in [6.45, 7) is 0. The van der Waals surface area contributed by atoms with Crippen LogP contribution in [0.15, 0.2) is 24.3 Å². The lowest BCUT2D eigenvalue weighted by Gasteiger charge is -2.09. The second-order valence-corrected chi connectivity index (χ2v) is 6.80. The normalized spacial score (nSPS) is 11.5. The first-order valence-electron chi connectivity index (χ1n) is 6.67. The molecular weight excluding hydrogens is 332 g/mol. The summed E-state index contributed by atoms with van der Waals surface area (Å²) in [5.74, 6) is 0.225. The van der Waals surface area contributed by atoms with Gasteiger partial charge in [-0.3, -0.25) is 4.72 Å². The van der Waals surface area contributed by atoms with Crippen molar-refractivity contribution in [3.05, 3.63) is 24.3 Å². The number of hydrogen-bond donors (Lipinski definition) is 4. The van der Waals surface area contributed by atoms with Crippen LogP contribution in [-0.4, -0.2) is 34.6 Å². The summed E-state index contributed by atoms with van der Waals surface area (Å²) < 4.78 is 24.8. The molecule has 0 radical (unpaired) electrons. The third-order valence-electron chi connectivity index (χ3n) is 3.06. The number of nitrogens with zero attached hydrogens (tertiary/aromatic N) is 4. The average molecular weight is 346 g/mol. The fraction of sp³-hybridized carbons (Fsp3) is 0.0769. The molecule has 10 nitrogen and oxygen atoms in total. The lowest BCUT2D eigenvalue weighted by Crippen LogP contribution is -2.09. The van der Waals surface area contributed by atoms with Crippen LogP contribution in [-0.2, 0) is 10.0 Å². The number of rotatable bonds is 3. The first-order valence-corrected chi connectivity index (χ1v) is 8.56. The SMILES string of the molecule is CS(=O)(=O)Nc1ccc(-c2nc3c(N)nc(N)nc3nc2N)cc1. The van der Waals surface area contributed by atoms with Crippen molar-refractivity contribution < 1.29 is 8.42 Å². The molecule has 0 bridgehead atoms. The van der Waals surface area contributed by atoms with E-state index in [9.17, 15) is 8.42 Å². The van der Waals surface area contributed by atoms with Gasteiger partial charge in [0.1, 0.15) is 5.69 Å². The zero-order valence-electron chi connectivity index (χ0n) is 12.6. The molecule has 7 N–H and O–H groups in total. The van der Waals surface area contributed by atoms with Crippen molar-refractivity contribution >= 4 is 44.5 Å². The van der Waals surface area contributed by atoms with Gasteiger partial charge >= 0.3 is 0 Å². The zero-order valence-corrected chi connectivity index (χ0v) is 13.4. The molecule has 3 aromatic rings. The average Bonchev–Trinajstić information content (AvgIpc) is 2.46. The van der Waals surface area contributed by atoms with Crippen LogP contribution in [0, 0.1) is 0 Å². The first-order chi connectivity index (χ1) is 11.2. The van der Waals surface area contributed by atoms with E-state index in [0.29, 0.717) is 16.9 Å². The van der Waals surface area contributed by atoms with E-state index in [1.54, 1.807) is 24.3 Å². The van der Waals surface area contributed by atoms with E-state index >= 15 is 0 Å². The van der Waals surface area contributed by atoms with Crippen LogP contribution in [0.3, 0.4) is 0 Å². The minimum atomic E-state index is -3.35. The molecule has 0 aliphatic heterocycles. The Hall–Kier alpha value is -3.21. The molecule has 0 amide bonds. The lowest BCUT2D eigenvalue weighted by molar-refractivity contribution is 0.607. The third kappa shape index (κ3) is 3.10. The molecule has 124 valence electrons. The van der Waals surface area contributed by atoms with Crippen LogP contribution in [0.2, 0.25) is 0 Å². The van der Waals surface area contributed by atoms with Crippen LogP contribution < -0.4 is 21.9 Å². The number of benzene rings is 1. The molecule has 24 heavy (non-hydrogen) atoms. The topological polar surface area (TPSA) is 176 Å². The molecule has 2 heterocycles. The van der Waals surface area contributed by atoms with E-state index in [1.165, 1.54) is 0 Å². The number of sulfonamides is 1. The van der Waals surface area contributed by atoms with Crippen LogP contribution >= 0.6 is 0 Å². The molecule has 0 saturated carbocycles. The van der Waals surface area contributed by atoms with Crippen LogP contribution in [0.5, 0.6) is 0 Å². The molecule has 0 aliphatic carbocycles. The summed E-state index contributed by atoms with van der Waals surface area (Å²) in [4.78, 5) is 16.3. The highest BCUT2D eigenvalue weighted by atomic mass is 32.2. The summed E-state index contributed by atoms with van der Waals surface area (Å²) in [6, 6.07) is 6.50. The van der Waals surface area contributed by atoms with Gasteiger partial charge < -0.3 is 17.2 Å². The molecule has 0 atom stereocenters. The Morgan fingerprint density at radius 3 is 2.21 bits per heavy atom. The maximum Gasteiger partial charge on any atom is 0.229 e. The fourth-order valence-corrected chi connectivity index (χ4v) is 2.69. The smallest absolute Gasteiger partial charge is 0.229 e. The highest BCUT2D eigenvalue weighted by molar-refractivity contribution is 7.92. The van der Waals surface area contributed by atoms with E-state index in [1.807, 2.05) is 0 Å². The maximum absolute atomic E-state index is 11.2. The summed E-state index contributed by atoms with van der Waals surface area (Å²) in [6.07, 6.45) is 1.07. The number of nitrogens with one attached hydrogen (secondary N) is 1. The first kappa shape index (κ1) is 15.7. The van der Waals surface area contributed by atoms with Gasteiger partial charge in [0, 0.05) is 11.3 Å². The van der Waals surface area contributed by atoms with Crippen molar-refractivity contribution in [2.24, 2.45) is 0 Å². The molecule has 0 saturated heterocycles. The number of fused-ring (bicyclic) bond motifs is 1. The van der Waals surface area contributed by atoms with Crippen molar-refractivity contribution in [2.45, 2.75) is 0 Å². The van der Waals surface area contributed by atoms with Crippen LogP contribution in [0.25, 0.3) is 22.4 Å². The molecular formula is C13H14N8O2S. The maximum atomic E-state index is 11.2. The minimum Gasteiger partial charge on any atom is -0.382 e. The minimum absolute atomic E-state index is 0.0161. The van der Waals surface area contributed by atoms with Crippen molar-refractivity contribution in [1.29, 1.82) is 0 Å². The third-order valence-corrected chi connectivity index (χ3v) is 3.67. The van der Waals surface area contributed by atoms with Crippen molar-refractivity contribution in [2.75, 3.05) is 28.2 Å². The second kappa shape index (κ2) is 5.45. The summed E-state index contributed by atoms with van der Waals surface area (Å²) in [5, 5.41) is 0. The molecule has 0 spiro atoms. The Morgan fingerprint density at radius 2 is 1.58 bits per heavy atom. The number of nitrogens with two attached hydrogens (primary N) is 3. The van der Waals surface area contributed by atoms with E-state index in [-0.39, 0.29) is 28.7 Å². The summed E-state index contributed by atoms with van der Waals surface area (Å²) in [5.41, 5.74) is 19.2. The Kier molecular flexibility index (Phi) is 3.56. The molecule has 11 heteroatoms. The van der Waals surface area contributed by atoms with Gasteiger partial charge in [-0.25, -0.2) is 18.4 Å². The molecule has 1 aromatic carbocycles. The fourth-order valence-electron chi connectivity index (χ4n) is 2.12. The predicted molar refractivity (Wildman–Crippen MR) is 92.3 cm³/mol. The molecule has 0 aliphatic rings. The molecule has 0 fully saturated rings. The molecule has 3 rings (SSSR count). The number of aromatic nitrogens is 4. The van der Waals surface area contributed by atoms with Gasteiger partial charge in [0.2, 0.25) is 16.0 Å². The summed E-state index contributed by atoms with van der Waals surface area (Å²) >= 11 is 0. The van der Waals surface area contributed by atoms with Crippen molar-refractivity contribution in [3.8, 4) is 11.3 Å². The molecule has 0 unspecified atom stereocenters. The highest BCUT2D eigenvalue weighted by Crippen LogP contribution is 2.27. The van der Waals surface area contributed by atoms with Crippen LogP contribution in [0.1, 0.15) is 0 Å². The van der Waals surface area contributed by atoms with E-state index in [4.69, 9.17) is 17.2 Å². The van der Waals surface area contributed by atoms with Gasteiger partial charge in [-0.15, -0.1) is 0 Å². The number of nitrogen functional groups attached to an aromatic ring is 3. The van der Waals surface area contributed by atoms with Gasteiger partial charge in [0.25, 0.3) is 0 Å². The van der Waals surface area contributed by atoms with Gasteiger partial charge in [-0.05, 0) is 12.1 Å². The van der Waals surface area contributed by atoms with Crippen molar-refractivity contribution in [1.82, 2.24) is 19.9 Å². The Bertz CT molecular complexity index is 1030. The highest BCUT2D eigenvalue weighted by Gasteiger charge is 2.13. The number of anilines is 4. The molecule has 2 aromatic heterocycles. The largest absolute Gasteiger partial charge is 0.382 e. The zero-order chi connectivity index (χ0) is 17.5. The predicted octanol–water partition coefficient (Wildman–Crippen LogP) is 0.205. The van der Waals surface area contributed by atoms with Gasteiger partial charge in [-0.2, -0.15) is 9.97 Å². The van der Waals surface area contributed by atoms with E-state index in [2.05, 4.69) is 24.7 Å². The second-order valence-electron chi connectivity index (χ2n) is 5.05. The van der Waals surface area contributed by atoms with Gasteiger partial charge in [0.05, 0.1) is 6.26 Å². The van der Waals surface area contributed by atoms with Gasteiger partial charge in [0.15, 0.2) is 22.8 Å². The van der Waals surface area contributed by atoms with E-state index < -0.39 is 10.0 Å². The quantitative estimate of drug-likeness (QED) is 0.516. The van der Waals surface area contributed by atoms with Crippen molar-refractivity contribution in [3.63, 3.8) is 0 Å². The monoisotopic (exact) mass is 346 g/mol. The van der Waals surface area contributed by atoms with Crippen LogP contribution in [0.4, 0.5) is 23.3 Å². The Labute approximate surface area is 137 Å². The van der Waals surface area contributed by atoms with E-state index in [0.717, 1.165) is 6.26 Å². The Morgan fingerprint density at radius 1 is 0.917 bits per heavy atom. The lowest BCUT2D eigenvalue weighted by atomic mass is 10.1. The summed E-state index contributed by atoms with van der Waals surface area (Å²) in [7, 11) is -3.35. The van der Waals surface area contributed by atoms with Gasteiger partial charge in [-0.1, -0.05) is 12.1 Å². The standard InChI is InChI=1S/C13H14N8O2S/c1-24(22,23)21-7-4-2-6(3-5-7)8-10(14)18-12-9(17-8)11(15)19-13(16)20-12/h2-5,21H,1H3,(H6,14,15,16,18,19,20). The Balaban J connectivity index is 2.07. The number of hydrogen-bond acceptors (Lipinski definition) is 9.